The SMILES string of the molecule is CC(C)Oc1cccc(C(=O)CN(C)C)c1. The van der Waals surface area contributed by atoms with E-state index in [0.29, 0.717) is 12.1 Å². The maximum absolute atomic E-state index is 11.8. The number of Topliss-reactive ketones (excluding diaryl/α,β-unsaturated/α-hetero) is 1. The summed E-state index contributed by atoms with van der Waals surface area (Å²) in [6.07, 6.45) is 0.124. The van der Waals surface area contributed by atoms with Crippen molar-refractivity contribution in [3.63, 3.8) is 0 Å². The monoisotopic (exact) mass is 221 g/mol. The number of ketones is 1. The van der Waals surface area contributed by atoms with E-state index in [-0.39, 0.29) is 11.9 Å². The van der Waals surface area contributed by atoms with Crippen molar-refractivity contribution in [2.45, 2.75) is 20.0 Å². The van der Waals surface area contributed by atoms with Crippen LogP contribution >= 0.6 is 0 Å². The number of hydrogen-bond donors (Lipinski definition) is 0. The lowest BCUT2D eigenvalue weighted by Crippen LogP contribution is -2.21. The van der Waals surface area contributed by atoms with Gasteiger partial charge in [0.05, 0.1) is 12.6 Å². The Balaban J connectivity index is 2.77. The number of rotatable bonds is 5. The molecule has 0 bridgehead atoms. The molecule has 0 aliphatic rings. The summed E-state index contributed by atoms with van der Waals surface area (Å²) in [5, 5.41) is 0. The Kier molecular flexibility index (Phi) is 4.50. The summed E-state index contributed by atoms with van der Waals surface area (Å²) in [5.41, 5.74) is 0.701. The van der Waals surface area contributed by atoms with Crippen molar-refractivity contribution in [3.8, 4) is 5.75 Å². The molecule has 0 spiro atoms. The molecule has 0 aliphatic heterocycles. The van der Waals surface area contributed by atoms with Crippen LogP contribution in [0.1, 0.15) is 24.2 Å². The first kappa shape index (κ1) is 12.7. The molecule has 0 saturated carbocycles. The third kappa shape index (κ3) is 4.03. The van der Waals surface area contributed by atoms with Crippen LogP contribution in [0.4, 0.5) is 0 Å². The number of carbonyl (C=O) groups is 1. The first-order chi connectivity index (χ1) is 7.49. The fourth-order valence-electron chi connectivity index (χ4n) is 1.39. The van der Waals surface area contributed by atoms with Gasteiger partial charge in [0, 0.05) is 5.56 Å². The highest BCUT2D eigenvalue weighted by atomic mass is 16.5. The highest BCUT2D eigenvalue weighted by Gasteiger charge is 2.08. The fourth-order valence-corrected chi connectivity index (χ4v) is 1.39. The molecule has 0 heterocycles. The fraction of sp³-hybridized carbons (Fsp3) is 0.462. The first-order valence-electron chi connectivity index (χ1n) is 5.43. The summed E-state index contributed by atoms with van der Waals surface area (Å²) in [4.78, 5) is 13.7. The second-order valence-electron chi connectivity index (χ2n) is 4.36. The Labute approximate surface area is 97.0 Å². The van der Waals surface area contributed by atoms with E-state index in [4.69, 9.17) is 4.74 Å². The van der Waals surface area contributed by atoms with E-state index in [9.17, 15) is 4.79 Å². The van der Waals surface area contributed by atoms with Gasteiger partial charge in [0.15, 0.2) is 5.78 Å². The summed E-state index contributed by atoms with van der Waals surface area (Å²) in [5.74, 6) is 0.860. The molecule has 0 amide bonds. The summed E-state index contributed by atoms with van der Waals surface area (Å²) < 4.78 is 5.54. The summed E-state index contributed by atoms with van der Waals surface area (Å²) in [7, 11) is 3.76. The molecule has 16 heavy (non-hydrogen) atoms. The topological polar surface area (TPSA) is 29.5 Å². The van der Waals surface area contributed by atoms with Gasteiger partial charge in [0.25, 0.3) is 0 Å². The van der Waals surface area contributed by atoms with Crippen LogP contribution in [0.5, 0.6) is 5.75 Å². The number of nitrogens with zero attached hydrogens (tertiary/aromatic N) is 1. The van der Waals surface area contributed by atoms with E-state index in [0.717, 1.165) is 5.75 Å². The van der Waals surface area contributed by atoms with Gasteiger partial charge >= 0.3 is 0 Å². The molecule has 3 heteroatoms. The van der Waals surface area contributed by atoms with E-state index < -0.39 is 0 Å². The lowest BCUT2D eigenvalue weighted by Gasteiger charge is -2.12. The normalized spacial score (nSPS) is 10.9. The molecule has 0 fully saturated rings. The lowest BCUT2D eigenvalue weighted by atomic mass is 10.1. The minimum atomic E-state index is 0.110. The molecular weight excluding hydrogens is 202 g/mol. The Bertz CT molecular complexity index is 359. The van der Waals surface area contributed by atoms with Crippen molar-refractivity contribution in [1.82, 2.24) is 4.90 Å². The predicted octanol–water partition coefficient (Wildman–Crippen LogP) is 2.22. The first-order valence-corrected chi connectivity index (χ1v) is 5.43. The number of benzene rings is 1. The summed E-state index contributed by atoms with van der Waals surface area (Å²) >= 11 is 0. The smallest absolute Gasteiger partial charge is 0.176 e. The molecule has 88 valence electrons. The maximum Gasteiger partial charge on any atom is 0.176 e. The van der Waals surface area contributed by atoms with Crippen LogP contribution in [0, 0.1) is 0 Å². The van der Waals surface area contributed by atoms with Crippen LogP contribution in [0.15, 0.2) is 24.3 Å². The number of ether oxygens (including phenoxy) is 1. The van der Waals surface area contributed by atoms with Crippen molar-refractivity contribution in [2.24, 2.45) is 0 Å². The molecular formula is C13H19NO2. The van der Waals surface area contributed by atoms with Crippen molar-refractivity contribution >= 4 is 5.78 Å². The van der Waals surface area contributed by atoms with Crippen LogP contribution in [0.25, 0.3) is 0 Å². The average molecular weight is 221 g/mol. The van der Waals surface area contributed by atoms with E-state index in [1.165, 1.54) is 0 Å². The van der Waals surface area contributed by atoms with Crippen LogP contribution in [0.3, 0.4) is 0 Å². The third-order valence-corrected chi connectivity index (χ3v) is 1.99. The zero-order valence-electron chi connectivity index (χ0n) is 10.4. The van der Waals surface area contributed by atoms with Crippen LogP contribution in [0.2, 0.25) is 0 Å². The Hall–Kier alpha value is -1.35. The van der Waals surface area contributed by atoms with Gasteiger partial charge in [-0.15, -0.1) is 0 Å². The second-order valence-corrected chi connectivity index (χ2v) is 4.36. The summed E-state index contributed by atoms with van der Waals surface area (Å²) in [6.45, 7) is 4.35. The molecule has 0 N–H and O–H groups in total. The van der Waals surface area contributed by atoms with Crippen molar-refractivity contribution in [3.05, 3.63) is 29.8 Å². The summed E-state index contributed by atoms with van der Waals surface area (Å²) in [6, 6.07) is 7.33. The average Bonchev–Trinajstić information content (AvgIpc) is 2.16. The number of carbonyl (C=O) groups excluding carboxylic acids is 1. The van der Waals surface area contributed by atoms with Gasteiger partial charge in [-0.25, -0.2) is 0 Å². The Morgan fingerprint density at radius 2 is 2.06 bits per heavy atom. The van der Waals surface area contributed by atoms with Crippen molar-refractivity contribution < 1.29 is 9.53 Å². The van der Waals surface area contributed by atoms with Crippen LogP contribution < -0.4 is 4.74 Å². The maximum atomic E-state index is 11.8. The standard InChI is InChI=1S/C13H19NO2/c1-10(2)16-12-7-5-6-11(8-12)13(15)9-14(3)4/h5-8,10H,9H2,1-4H3. The van der Waals surface area contributed by atoms with E-state index >= 15 is 0 Å². The van der Waals surface area contributed by atoms with Crippen molar-refractivity contribution in [1.29, 1.82) is 0 Å². The number of likely N-dealkylation sites (N-methyl/N-ethyl adjacent to an activating group) is 1. The zero-order valence-corrected chi connectivity index (χ0v) is 10.4. The van der Waals surface area contributed by atoms with Gasteiger partial charge in [-0.05, 0) is 40.1 Å². The minimum Gasteiger partial charge on any atom is -0.491 e. The van der Waals surface area contributed by atoms with Gasteiger partial charge in [-0.2, -0.15) is 0 Å². The molecule has 0 aromatic heterocycles. The zero-order chi connectivity index (χ0) is 12.1. The highest BCUT2D eigenvalue weighted by Crippen LogP contribution is 2.15. The molecule has 0 atom stereocenters. The molecule has 1 rings (SSSR count). The molecule has 0 saturated heterocycles. The molecule has 1 aromatic rings. The van der Waals surface area contributed by atoms with Crippen LogP contribution in [-0.4, -0.2) is 37.4 Å². The minimum absolute atomic E-state index is 0.110. The quantitative estimate of drug-likeness (QED) is 0.714. The van der Waals surface area contributed by atoms with E-state index in [2.05, 4.69) is 0 Å². The predicted molar refractivity (Wildman–Crippen MR) is 65.1 cm³/mol. The van der Waals surface area contributed by atoms with E-state index in [1.54, 1.807) is 6.07 Å². The third-order valence-electron chi connectivity index (χ3n) is 1.99. The molecule has 3 nitrogen and oxygen atoms in total. The Morgan fingerprint density at radius 1 is 1.38 bits per heavy atom. The second kappa shape index (κ2) is 5.66. The van der Waals surface area contributed by atoms with Crippen molar-refractivity contribution in [2.75, 3.05) is 20.6 Å². The van der Waals surface area contributed by atoms with Crippen LogP contribution in [-0.2, 0) is 0 Å². The van der Waals surface area contributed by atoms with Gasteiger partial charge in [0.1, 0.15) is 5.75 Å². The van der Waals surface area contributed by atoms with E-state index in [1.807, 2.05) is 51.0 Å². The van der Waals surface area contributed by atoms with Gasteiger partial charge in [-0.1, -0.05) is 12.1 Å². The van der Waals surface area contributed by atoms with Gasteiger partial charge in [0.2, 0.25) is 0 Å². The highest BCUT2D eigenvalue weighted by molar-refractivity contribution is 5.97. The molecule has 1 aromatic carbocycles. The largest absolute Gasteiger partial charge is 0.491 e. The molecule has 0 radical (unpaired) electrons. The van der Waals surface area contributed by atoms with Gasteiger partial charge in [-0.3, -0.25) is 4.79 Å². The molecule has 0 unspecified atom stereocenters. The molecule has 0 aliphatic carbocycles. The van der Waals surface area contributed by atoms with Gasteiger partial charge < -0.3 is 9.64 Å². The lowest BCUT2D eigenvalue weighted by molar-refractivity contribution is 0.0957. The Morgan fingerprint density at radius 3 is 2.62 bits per heavy atom. The number of hydrogen-bond acceptors (Lipinski definition) is 3.